The molecule has 122 valence electrons. The van der Waals surface area contributed by atoms with Crippen LogP contribution >= 0.6 is 23.2 Å². The van der Waals surface area contributed by atoms with Gasteiger partial charge in [0, 0.05) is 5.69 Å². The van der Waals surface area contributed by atoms with E-state index in [2.05, 4.69) is 15.6 Å². The van der Waals surface area contributed by atoms with Crippen molar-refractivity contribution in [1.82, 2.24) is 15.0 Å². The molecule has 2 aromatic carbocycles. The third-order valence-electron chi connectivity index (χ3n) is 3.57. The lowest BCUT2D eigenvalue weighted by molar-refractivity contribution is 0.102. The zero-order valence-electron chi connectivity index (χ0n) is 13.0. The molecule has 3 aromatic rings. The maximum Gasteiger partial charge on any atom is 0.278 e. The fourth-order valence-electron chi connectivity index (χ4n) is 2.23. The summed E-state index contributed by atoms with van der Waals surface area (Å²) in [5.74, 6) is -0.357. The summed E-state index contributed by atoms with van der Waals surface area (Å²) in [5, 5.41) is 11.6. The van der Waals surface area contributed by atoms with Crippen LogP contribution in [0.5, 0.6) is 0 Å². The van der Waals surface area contributed by atoms with Crippen LogP contribution in [0.3, 0.4) is 0 Å². The molecule has 3 rings (SSSR count). The Bertz CT molecular complexity index is 903. The minimum absolute atomic E-state index is 0.252. The van der Waals surface area contributed by atoms with Crippen molar-refractivity contribution in [2.45, 2.75) is 13.8 Å². The summed E-state index contributed by atoms with van der Waals surface area (Å²) in [6, 6.07) is 12.7. The third kappa shape index (κ3) is 3.27. The van der Waals surface area contributed by atoms with Crippen molar-refractivity contribution >= 4 is 34.8 Å². The lowest BCUT2D eigenvalue weighted by atomic mass is 10.2. The molecule has 1 heterocycles. The Labute approximate surface area is 149 Å². The number of benzene rings is 2. The Morgan fingerprint density at radius 3 is 2.42 bits per heavy atom. The molecule has 1 aromatic heterocycles. The van der Waals surface area contributed by atoms with Crippen molar-refractivity contribution in [1.29, 1.82) is 0 Å². The van der Waals surface area contributed by atoms with E-state index in [-0.39, 0.29) is 11.6 Å². The standard InChI is InChI=1S/C17H14Cl2N4O/c1-10-3-6-13(7-4-10)23-11(2)16(21-22-23)17(24)20-12-5-8-14(18)15(19)9-12/h3-9H,1-2H3,(H,20,24). The number of rotatable bonds is 3. The number of hydrogen-bond donors (Lipinski definition) is 1. The Kier molecular flexibility index (Phi) is 4.55. The average molecular weight is 361 g/mol. The molecule has 0 aliphatic heterocycles. The number of nitrogens with zero attached hydrogens (tertiary/aromatic N) is 3. The van der Waals surface area contributed by atoms with Gasteiger partial charge in [-0.3, -0.25) is 4.79 Å². The molecule has 0 aliphatic carbocycles. The quantitative estimate of drug-likeness (QED) is 0.750. The van der Waals surface area contributed by atoms with E-state index < -0.39 is 0 Å². The molecule has 0 spiro atoms. The SMILES string of the molecule is Cc1ccc(-n2nnc(C(=O)Nc3ccc(Cl)c(Cl)c3)c2C)cc1. The first-order valence-corrected chi connectivity index (χ1v) is 7.97. The van der Waals surface area contributed by atoms with Gasteiger partial charge in [-0.2, -0.15) is 0 Å². The number of carbonyl (C=O) groups excluding carboxylic acids is 1. The van der Waals surface area contributed by atoms with Crippen LogP contribution in [0.2, 0.25) is 10.0 Å². The van der Waals surface area contributed by atoms with Gasteiger partial charge in [-0.15, -0.1) is 5.10 Å². The third-order valence-corrected chi connectivity index (χ3v) is 4.30. The van der Waals surface area contributed by atoms with E-state index in [9.17, 15) is 4.79 Å². The molecule has 1 amide bonds. The van der Waals surface area contributed by atoms with E-state index in [0.717, 1.165) is 11.3 Å². The molecule has 0 fully saturated rings. The predicted octanol–water partition coefficient (Wildman–Crippen LogP) is 4.44. The summed E-state index contributed by atoms with van der Waals surface area (Å²) in [4.78, 5) is 12.4. The normalized spacial score (nSPS) is 10.7. The summed E-state index contributed by atoms with van der Waals surface area (Å²) < 4.78 is 1.63. The molecule has 0 atom stereocenters. The number of halogens is 2. The summed E-state index contributed by atoms with van der Waals surface area (Å²) >= 11 is 11.8. The predicted molar refractivity (Wildman–Crippen MR) is 95.2 cm³/mol. The van der Waals surface area contributed by atoms with Gasteiger partial charge in [-0.05, 0) is 44.2 Å². The molecule has 0 bridgehead atoms. The van der Waals surface area contributed by atoms with Crippen molar-refractivity contribution in [3.8, 4) is 5.69 Å². The molecule has 0 unspecified atom stereocenters. The minimum Gasteiger partial charge on any atom is -0.320 e. The Balaban J connectivity index is 1.85. The summed E-state index contributed by atoms with van der Waals surface area (Å²) in [5.41, 5.74) is 3.44. The highest BCUT2D eigenvalue weighted by molar-refractivity contribution is 6.42. The largest absolute Gasteiger partial charge is 0.320 e. The highest BCUT2D eigenvalue weighted by atomic mass is 35.5. The zero-order chi connectivity index (χ0) is 17.3. The number of carbonyl (C=O) groups is 1. The van der Waals surface area contributed by atoms with Gasteiger partial charge in [-0.1, -0.05) is 46.1 Å². The summed E-state index contributed by atoms with van der Waals surface area (Å²) in [7, 11) is 0. The summed E-state index contributed by atoms with van der Waals surface area (Å²) in [6.45, 7) is 3.80. The van der Waals surface area contributed by atoms with Crippen LogP contribution in [0, 0.1) is 13.8 Å². The lowest BCUT2D eigenvalue weighted by Crippen LogP contribution is -2.14. The van der Waals surface area contributed by atoms with Crippen molar-refractivity contribution in [2.75, 3.05) is 5.32 Å². The minimum atomic E-state index is -0.357. The zero-order valence-corrected chi connectivity index (χ0v) is 14.6. The van der Waals surface area contributed by atoms with Gasteiger partial charge in [-0.25, -0.2) is 4.68 Å². The highest BCUT2D eigenvalue weighted by Gasteiger charge is 2.17. The van der Waals surface area contributed by atoms with E-state index in [0.29, 0.717) is 21.4 Å². The van der Waals surface area contributed by atoms with Gasteiger partial charge >= 0.3 is 0 Å². The van der Waals surface area contributed by atoms with Crippen LogP contribution < -0.4 is 5.32 Å². The van der Waals surface area contributed by atoms with Gasteiger partial charge in [0.05, 0.1) is 21.4 Å². The first kappa shape index (κ1) is 16.5. The molecule has 24 heavy (non-hydrogen) atoms. The Morgan fingerprint density at radius 1 is 1.04 bits per heavy atom. The first-order valence-electron chi connectivity index (χ1n) is 7.21. The molecule has 0 saturated carbocycles. The van der Waals surface area contributed by atoms with Crippen molar-refractivity contribution in [3.63, 3.8) is 0 Å². The van der Waals surface area contributed by atoms with Crippen molar-refractivity contribution in [2.24, 2.45) is 0 Å². The summed E-state index contributed by atoms with van der Waals surface area (Å²) in [6.07, 6.45) is 0. The highest BCUT2D eigenvalue weighted by Crippen LogP contribution is 2.25. The van der Waals surface area contributed by atoms with Crippen LogP contribution in [0.4, 0.5) is 5.69 Å². The molecular weight excluding hydrogens is 347 g/mol. The Hall–Kier alpha value is -2.37. The van der Waals surface area contributed by atoms with Crippen LogP contribution in [0.25, 0.3) is 5.69 Å². The van der Waals surface area contributed by atoms with Crippen molar-refractivity contribution < 1.29 is 4.79 Å². The van der Waals surface area contributed by atoms with Crippen LogP contribution in [0.1, 0.15) is 21.7 Å². The smallest absolute Gasteiger partial charge is 0.278 e. The van der Waals surface area contributed by atoms with E-state index >= 15 is 0 Å². The maximum atomic E-state index is 12.4. The van der Waals surface area contributed by atoms with Crippen molar-refractivity contribution in [3.05, 3.63) is 69.5 Å². The number of aromatic nitrogens is 3. The monoisotopic (exact) mass is 360 g/mol. The molecule has 5 nitrogen and oxygen atoms in total. The van der Waals surface area contributed by atoms with Gasteiger partial charge in [0.2, 0.25) is 0 Å². The molecule has 7 heteroatoms. The average Bonchev–Trinajstić information content (AvgIpc) is 2.93. The van der Waals surface area contributed by atoms with Crippen LogP contribution in [-0.4, -0.2) is 20.9 Å². The number of hydrogen-bond acceptors (Lipinski definition) is 3. The van der Waals surface area contributed by atoms with E-state index in [1.165, 1.54) is 0 Å². The van der Waals surface area contributed by atoms with Gasteiger partial charge in [0.15, 0.2) is 5.69 Å². The Morgan fingerprint density at radius 2 is 1.75 bits per heavy atom. The lowest BCUT2D eigenvalue weighted by Gasteiger charge is -2.06. The van der Waals surface area contributed by atoms with E-state index in [4.69, 9.17) is 23.2 Å². The second-order valence-electron chi connectivity index (χ2n) is 5.35. The molecule has 0 saturated heterocycles. The van der Waals surface area contributed by atoms with Gasteiger partial charge in [0.25, 0.3) is 5.91 Å². The van der Waals surface area contributed by atoms with Gasteiger partial charge in [0.1, 0.15) is 0 Å². The number of amides is 1. The fourth-order valence-corrected chi connectivity index (χ4v) is 2.53. The maximum absolute atomic E-state index is 12.4. The second-order valence-corrected chi connectivity index (χ2v) is 6.17. The molecular formula is C17H14Cl2N4O. The number of anilines is 1. The topological polar surface area (TPSA) is 59.8 Å². The molecule has 1 N–H and O–H groups in total. The first-order chi connectivity index (χ1) is 11.5. The van der Waals surface area contributed by atoms with Gasteiger partial charge < -0.3 is 5.32 Å². The second kappa shape index (κ2) is 6.63. The van der Waals surface area contributed by atoms with E-state index in [1.807, 2.05) is 31.2 Å². The van der Waals surface area contributed by atoms with Crippen LogP contribution in [-0.2, 0) is 0 Å². The number of aryl methyl sites for hydroxylation is 1. The van der Waals surface area contributed by atoms with E-state index in [1.54, 1.807) is 29.8 Å². The van der Waals surface area contributed by atoms with Crippen LogP contribution in [0.15, 0.2) is 42.5 Å². The molecule has 0 radical (unpaired) electrons. The number of nitrogens with one attached hydrogen (secondary N) is 1. The molecule has 0 aliphatic rings. The fraction of sp³-hybridized carbons (Fsp3) is 0.118.